The van der Waals surface area contributed by atoms with Crippen molar-refractivity contribution >= 4 is 7.37 Å². The van der Waals surface area contributed by atoms with Gasteiger partial charge >= 0.3 is 0 Å². The van der Waals surface area contributed by atoms with E-state index >= 15 is 0 Å². The van der Waals surface area contributed by atoms with Gasteiger partial charge in [0, 0.05) is 24.5 Å². The van der Waals surface area contributed by atoms with Gasteiger partial charge in [-0.05, 0) is 74.6 Å². The molecule has 0 unspecified atom stereocenters. The van der Waals surface area contributed by atoms with Gasteiger partial charge in [-0.2, -0.15) is 0 Å². The Morgan fingerprint density at radius 2 is 0.824 bits per heavy atom. The largest absolute Gasteiger partial charge is 0.493 e. The van der Waals surface area contributed by atoms with Crippen molar-refractivity contribution in [2.45, 2.75) is 181 Å². The van der Waals surface area contributed by atoms with E-state index in [-0.39, 0.29) is 11.6 Å². The van der Waals surface area contributed by atoms with Gasteiger partial charge in [-0.15, -0.1) is 0 Å². The summed E-state index contributed by atoms with van der Waals surface area (Å²) in [5, 5.41) is 0. The Morgan fingerprint density at radius 1 is 0.490 bits per heavy atom. The molecule has 1 N–H and O–H groups in total. The van der Waals surface area contributed by atoms with Crippen molar-refractivity contribution in [3.8, 4) is 11.5 Å². The molecule has 0 bridgehead atoms. The van der Waals surface area contributed by atoms with Crippen molar-refractivity contribution < 1.29 is 27.7 Å². The van der Waals surface area contributed by atoms with E-state index < -0.39 is 7.37 Å². The molecular weight excluding hydrogens is 661 g/mol. The zero-order chi connectivity index (χ0) is 36.8. The smallest absolute Gasteiger partial charge is 0.200 e. The molecule has 0 aliphatic rings. The van der Waals surface area contributed by atoms with Crippen LogP contribution in [0.5, 0.6) is 11.5 Å². The van der Waals surface area contributed by atoms with Crippen LogP contribution in [0, 0.1) is 11.6 Å². The third-order valence-electron chi connectivity index (χ3n) is 9.99. The maximum absolute atomic E-state index is 14.2. The molecule has 0 heterocycles. The molecule has 0 fully saturated rings. The van der Waals surface area contributed by atoms with Gasteiger partial charge in [0.2, 0.25) is 7.37 Å². The monoisotopic (exact) mass is 735 g/mol. The summed E-state index contributed by atoms with van der Waals surface area (Å²) < 4.78 is 52.6. The van der Waals surface area contributed by atoms with Crippen molar-refractivity contribution in [2.24, 2.45) is 0 Å². The number of rotatable bonds is 34. The maximum atomic E-state index is 14.2. The number of hydrogen-bond acceptors (Lipinski definition) is 3. The van der Waals surface area contributed by atoms with Gasteiger partial charge in [-0.25, -0.2) is 8.78 Å². The molecule has 0 aromatic heterocycles. The van der Waals surface area contributed by atoms with Crippen LogP contribution in [0.2, 0.25) is 0 Å². The number of aryl methyl sites for hydroxylation is 2. The first kappa shape index (κ1) is 45.2. The van der Waals surface area contributed by atoms with Gasteiger partial charge in [-0.1, -0.05) is 142 Å². The van der Waals surface area contributed by atoms with Crippen LogP contribution in [0.25, 0.3) is 0 Å². The Kier molecular flexibility index (Phi) is 26.2. The normalized spacial score (nSPS) is 11.7. The quantitative estimate of drug-likeness (QED) is 0.0574. The summed E-state index contributed by atoms with van der Waals surface area (Å²) in [7, 11) is -2.98. The van der Waals surface area contributed by atoms with Crippen LogP contribution in [0.15, 0.2) is 36.4 Å². The molecule has 4 nitrogen and oxygen atoms in total. The first-order valence-corrected chi connectivity index (χ1v) is 23.0. The van der Waals surface area contributed by atoms with Gasteiger partial charge < -0.3 is 14.4 Å². The summed E-state index contributed by atoms with van der Waals surface area (Å²) in [6, 6.07) is 10.6. The maximum Gasteiger partial charge on any atom is 0.200 e. The van der Waals surface area contributed by atoms with Crippen LogP contribution < -0.4 is 9.47 Å². The second-order valence-corrected chi connectivity index (χ2v) is 17.4. The first-order valence-electron chi connectivity index (χ1n) is 21.0. The fourth-order valence-electron chi connectivity index (χ4n) is 6.66. The van der Waals surface area contributed by atoms with Gasteiger partial charge in [0.1, 0.15) is 23.1 Å². The highest BCUT2D eigenvalue weighted by molar-refractivity contribution is 7.57. The topological polar surface area (TPSA) is 55.8 Å². The van der Waals surface area contributed by atoms with Crippen LogP contribution in [-0.2, 0) is 17.4 Å². The fourth-order valence-corrected chi connectivity index (χ4v) is 8.32. The molecule has 51 heavy (non-hydrogen) atoms. The summed E-state index contributed by atoms with van der Waals surface area (Å²) in [5.41, 5.74) is 1.58. The molecule has 292 valence electrons. The van der Waals surface area contributed by atoms with Crippen molar-refractivity contribution in [3.05, 3.63) is 59.2 Å². The molecular formula is C44H73F2O4P. The van der Waals surface area contributed by atoms with E-state index in [0.29, 0.717) is 37.0 Å². The predicted molar refractivity (Wildman–Crippen MR) is 213 cm³/mol. The van der Waals surface area contributed by atoms with Crippen LogP contribution in [0.4, 0.5) is 8.78 Å². The van der Waals surface area contributed by atoms with Crippen LogP contribution >= 0.6 is 7.37 Å². The number of hydrogen-bond donors (Lipinski definition) is 1. The summed E-state index contributed by atoms with van der Waals surface area (Å²) in [4.78, 5) is 10.4. The molecule has 0 amide bonds. The number of benzene rings is 2. The van der Waals surface area contributed by atoms with E-state index in [4.69, 9.17) is 9.47 Å². The van der Waals surface area contributed by atoms with Crippen LogP contribution in [0.1, 0.15) is 179 Å². The second-order valence-electron chi connectivity index (χ2n) is 14.8. The molecule has 0 saturated carbocycles. The van der Waals surface area contributed by atoms with Crippen molar-refractivity contribution in [1.82, 2.24) is 0 Å². The summed E-state index contributed by atoms with van der Waals surface area (Å²) >= 11 is 0. The van der Waals surface area contributed by atoms with Crippen molar-refractivity contribution in [2.75, 3.05) is 25.5 Å². The summed E-state index contributed by atoms with van der Waals surface area (Å²) in [5.74, 6) is 0.966. The highest BCUT2D eigenvalue weighted by atomic mass is 31.2. The molecule has 0 aliphatic carbocycles. The number of unbranched alkanes of at least 4 members (excludes halogenated alkanes) is 20. The van der Waals surface area contributed by atoms with E-state index in [1.54, 1.807) is 0 Å². The average Bonchev–Trinajstić information content (AvgIpc) is 3.11. The van der Waals surface area contributed by atoms with Crippen molar-refractivity contribution in [1.29, 1.82) is 0 Å². The minimum Gasteiger partial charge on any atom is -0.493 e. The van der Waals surface area contributed by atoms with E-state index in [2.05, 4.69) is 13.8 Å². The average molecular weight is 735 g/mol. The molecule has 2 aromatic rings. The lowest BCUT2D eigenvalue weighted by Gasteiger charge is -2.11. The zero-order valence-electron chi connectivity index (χ0n) is 32.6. The Labute approximate surface area is 311 Å². The summed E-state index contributed by atoms with van der Waals surface area (Å²) in [6.07, 6.45) is 29.1. The van der Waals surface area contributed by atoms with E-state index in [1.165, 1.54) is 63.5 Å². The molecule has 0 radical (unpaired) electrons. The van der Waals surface area contributed by atoms with E-state index in [9.17, 15) is 18.2 Å². The summed E-state index contributed by atoms with van der Waals surface area (Å²) in [6.45, 7) is 5.58. The molecule has 0 atom stereocenters. The molecule has 0 saturated heterocycles. The molecule has 7 heteroatoms. The lowest BCUT2D eigenvalue weighted by atomic mass is 10.1. The number of ether oxygens (including phenoxy) is 2. The predicted octanol–water partition coefficient (Wildman–Crippen LogP) is 14.2. The highest BCUT2D eigenvalue weighted by Crippen LogP contribution is 2.42. The van der Waals surface area contributed by atoms with Gasteiger partial charge in [-0.3, -0.25) is 4.57 Å². The SMILES string of the molecule is CCCCCc1ccc(OCCCCCCCCCCCP(=O)(O)CCCCCCCCCCCOc2ccc(CCCCC)c(F)c2)cc1F. The molecule has 2 rings (SSSR count). The highest BCUT2D eigenvalue weighted by Gasteiger charge is 2.16. The van der Waals surface area contributed by atoms with E-state index in [1.807, 2.05) is 24.3 Å². The first-order chi connectivity index (χ1) is 24.8. The van der Waals surface area contributed by atoms with E-state index in [0.717, 1.165) is 127 Å². The van der Waals surface area contributed by atoms with Crippen molar-refractivity contribution in [3.63, 3.8) is 0 Å². The lowest BCUT2D eigenvalue weighted by Crippen LogP contribution is -1.99. The number of halogens is 2. The molecule has 0 spiro atoms. The Morgan fingerprint density at radius 3 is 1.16 bits per heavy atom. The Balaban J connectivity index is 1.32. The molecule has 0 aliphatic heterocycles. The second kappa shape index (κ2) is 29.5. The van der Waals surface area contributed by atoms with Crippen LogP contribution in [-0.4, -0.2) is 30.4 Å². The van der Waals surface area contributed by atoms with Gasteiger partial charge in [0.15, 0.2) is 0 Å². The fraction of sp³-hybridized carbons (Fsp3) is 0.727. The lowest BCUT2D eigenvalue weighted by molar-refractivity contribution is 0.302. The van der Waals surface area contributed by atoms with Crippen LogP contribution in [0.3, 0.4) is 0 Å². The third-order valence-corrected chi connectivity index (χ3v) is 12.0. The minimum absolute atomic E-state index is 0.148. The molecule has 2 aromatic carbocycles. The standard InChI is InChI=1S/C44H73F2O4P/c1-3-5-21-27-39-29-31-41(37-43(39)45)49-33-23-17-13-9-7-11-15-19-25-35-51(47,48)36-26-20-16-12-8-10-14-18-24-34-50-42-32-30-40(44(46)38-42)28-22-6-4-2/h29-32,37-38H,3-28,33-36H2,1-2H3,(H,47,48). The minimum atomic E-state index is -2.98. The van der Waals surface area contributed by atoms with Gasteiger partial charge in [0.25, 0.3) is 0 Å². The Hall–Kier alpha value is -1.91. The van der Waals surface area contributed by atoms with Gasteiger partial charge in [0.05, 0.1) is 13.2 Å². The third kappa shape index (κ3) is 23.4. The Bertz CT molecular complexity index is 1100. The zero-order valence-corrected chi connectivity index (χ0v) is 33.4.